The van der Waals surface area contributed by atoms with Gasteiger partial charge in [-0.1, -0.05) is 0 Å². The molecule has 2 aromatic heterocycles. The summed E-state index contributed by atoms with van der Waals surface area (Å²) in [7, 11) is 0. The van der Waals surface area contributed by atoms with Crippen molar-refractivity contribution in [3.8, 4) is 5.88 Å². The van der Waals surface area contributed by atoms with Crippen LogP contribution in [0, 0.1) is 0 Å². The topological polar surface area (TPSA) is 60.2 Å². The van der Waals surface area contributed by atoms with E-state index in [0.29, 0.717) is 18.2 Å². The fraction of sp³-hybridized carbons (Fsp3) is 0.250. The number of nitrogens with two attached hydrogens (primary N) is 1. The fourth-order valence-corrected chi connectivity index (χ4v) is 2.06. The lowest BCUT2D eigenvalue weighted by Gasteiger charge is -2.09. The molecule has 0 saturated carbocycles. The summed E-state index contributed by atoms with van der Waals surface area (Å²) in [6.07, 6.45) is 0. The summed E-state index contributed by atoms with van der Waals surface area (Å²) < 4.78 is 5.34. The van der Waals surface area contributed by atoms with Gasteiger partial charge in [0.1, 0.15) is 5.82 Å². The highest BCUT2D eigenvalue weighted by molar-refractivity contribution is 7.07. The number of thiophene rings is 1. The van der Waals surface area contributed by atoms with Crippen molar-refractivity contribution >= 4 is 22.8 Å². The lowest BCUT2D eigenvalue weighted by Crippen LogP contribution is -2.04. The number of nitrogen functional groups attached to an aromatic ring is 1. The third-order valence-electron chi connectivity index (χ3n) is 2.22. The second-order valence-electron chi connectivity index (χ2n) is 3.51. The van der Waals surface area contributed by atoms with E-state index in [0.717, 1.165) is 12.4 Å². The molecule has 0 saturated heterocycles. The second kappa shape index (κ2) is 5.54. The Balaban J connectivity index is 2.03. The number of nitrogens with zero attached hydrogens (tertiary/aromatic N) is 1. The minimum Gasteiger partial charge on any atom is -0.476 e. The summed E-state index contributed by atoms with van der Waals surface area (Å²) in [5.74, 6) is 1.26. The predicted octanol–water partition coefficient (Wildman–Crippen LogP) is 2.74. The number of nitrogens with one attached hydrogen (secondary N) is 1. The van der Waals surface area contributed by atoms with Crippen molar-refractivity contribution in [1.82, 2.24) is 4.98 Å². The third kappa shape index (κ3) is 3.10. The summed E-state index contributed by atoms with van der Waals surface area (Å²) in [5.41, 5.74) is 7.56. The lowest BCUT2D eigenvalue weighted by atomic mass is 10.3. The quantitative estimate of drug-likeness (QED) is 0.855. The standard InChI is InChI=1S/C12H15N3OS/c1-2-16-12-10(13)3-4-11(15-12)14-7-9-5-6-17-8-9/h3-6,8H,2,7,13H2,1H3,(H,14,15). The Bertz CT molecular complexity index is 471. The van der Waals surface area contributed by atoms with Crippen molar-refractivity contribution in [2.45, 2.75) is 13.5 Å². The molecule has 90 valence electrons. The maximum atomic E-state index is 5.75. The molecule has 4 nitrogen and oxygen atoms in total. The van der Waals surface area contributed by atoms with E-state index < -0.39 is 0 Å². The second-order valence-corrected chi connectivity index (χ2v) is 4.29. The molecule has 0 atom stereocenters. The summed E-state index contributed by atoms with van der Waals surface area (Å²) >= 11 is 1.68. The largest absolute Gasteiger partial charge is 0.476 e. The molecule has 5 heteroatoms. The molecule has 0 aromatic carbocycles. The molecule has 0 radical (unpaired) electrons. The van der Waals surface area contributed by atoms with Crippen molar-refractivity contribution in [3.63, 3.8) is 0 Å². The molecule has 0 aliphatic carbocycles. The molecule has 0 spiro atoms. The van der Waals surface area contributed by atoms with Crippen LogP contribution in [-0.4, -0.2) is 11.6 Å². The van der Waals surface area contributed by atoms with E-state index in [1.54, 1.807) is 17.4 Å². The van der Waals surface area contributed by atoms with Gasteiger partial charge < -0.3 is 15.8 Å². The van der Waals surface area contributed by atoms with Crippen LogP contribution in [0.3, 0.4) is 0 Å². The zero-order chi connectivity index (χ0) is 12.1. The number of hydrogen-bond acceptors (Lipinski definition) is 5. The number of anilines is 2. The van der Waals surface area contributed by atoms with Crippen LogP contribution in [0.1, 0.15) is 12.5 Å². The van der Waals surface area contributed by atoms with Crippen molar-refractivity contribution in [2.75, 3.05) is 17.7 Å². The Kier molecular flexibility index (Phi) is 3.82. The fourth-order valence-electron chi connectivity index (χ4n) is 1.39. The van der Waals surface area contributed by atoms with Crippen LogP contribution in [-0.2, 0) is 6.54 Å². The highest BCUT2D eigenvalue weighted by atomic mass is 32.1. The predicted molar refractivity (Wildman–Crippen MR) is 71.5 cm³/mol. The number of ether oxygens (including phenoxy) is 1. The molecule has 0 aliphatic heterocycles. The SMILES string of the molecule is CCOc1nc(NCc2ccsc2)ccc1N. The lowest BCUT2D eigenvalue weighted by molar-refractivity contribution is 0.329. The first-order valence-corrected chi connectivity index (χ1v) is 6.38. The Labute approximate surface area is 104 Å². The molecule has 0 bridgehead atoms. The molecule has 3 N–H and O–H groups in total. The Morgan fingerprint density at radius 2 is 2.29 bits per heavy atom. The van der Waals surface area contributed by atoms with Gasteiger partial charge in [-0.2, -0.15) is 16.3 Å². The molecule has 0 fully saturated rings. The first-order chi connectivity index (χ1) is 8.29. The molecule has 17 heavy (non-hydrogen) atoms. The summed E-state index contributed by atoms with van der Waals surface area (Å²) in [4.78, 5) is 4.31. The van der Waals surface area contributed by atoms with Gasteiger partial charge in [0.25, 0.3) is 0 Å². The smallest absolute Gasteiger partial charge is 0.239 e. The van der Waals surface area contributed by atoms with E-state index in [1.807, 2.05) is 13.0 Å². The maximum Gasteiger partial charge on any atom is 0.239 e. The number of rotatable bonds is 5. The van der Waals surface area contributed by atoms with Crippen molar-refractivity contribution in [1.29, 1.82) is 0 Å². The van der Waals surface area contributed by atoms with Gasteiger partial charge in [-0.25, -0.2) is 0 Å². The first-order valence-electron chi connectivity index (χ1n) is 5.44. The number of pyridine rings is 1. The van der Waals surface area contributed by atoms with Crippen LogP contribution in [0.4, 0.5) is 11.5 Å². The van der Waals surface area contributed by atoms with E-state index in [1.165, 1.54) is 5.56 Å². The number of hydrogen-bond donors (Lipinski definition) is 2. The Morgan fingerprint density at radius 1 is 1.41 bits per heavy atom. The zero-order valence-corrected chi connectivity index (χ0v) is 10.5. The molecule has 0 aliphatic rings. The van der Waals surface area contributed by atoms with Crippen LogP contribution in [0.15, 0.2) is 29.0 Å². The van der Waals surface area contributed by atoms with Gasteiger partial charge in [0.15, 0.2) is 0 Å². The van der Waals surface area contributed by atoms with Crippen LogP contribution in [0.5, 0.6) is 5.88 Å². The van der Waals surface area contributed by atoms with Crippen molar-refractivity contribution in [3.05, 3.63) is 34.5 Å². The maximum absolute atomic E-state index is 5.75. The van der Waals surface area contributed by atoms with Crippen molar-refractivity contribution < 1.29 is 4.74 Å². The number of aromatic nitrogens is 1. The van der Waals surface area contributed by atoms with Gasteiger partial charge >= 0.3 is 0 Å². The van der Waals surface area contributed by atoms with Gasteiger partial charge in [0.05, 0.1) is 12.3 Å². The van der Waals surface area contributed by atoms with E-state index in [4.69, 9.17) is 10.5 Å². The Morgan fingerprint density at radius 3 is 3.00 bits per heavy atom. The van der Waals surface area contributed by atoms with Gasteiger partial charge in [-0.05, 0) is 41.4 Å². The molecular weight excluding hydrogens is 234 g/mol. The monoisotopic (exact) mass is 249 g/mol. The first kappa shape index (κ1) is 11.7. The molecular formula is C12H15N3OS. The molecule has 0 unspecified atom stereocenters. The minimum atomic E-state index is 0.489. The van der Waals surface area contributed by atoms with E-state index in [-0.39, 0.29) is 0 Å². The van der Waals surface area contributed by atoms with Crippen LogP contribution < -0.4 is 15.8 Å². The molecule has 0 amide bonds. The van der Waals surface area contributed by atoms with Crippen LogP contribution >= 0.6 is 11.3 Å². The van der Waals surface area contributed by atoms with Gasteiger partial charge in [0.2, 0.25) is 5.88 Å². The van der Waals surface area contributed by atoms with Crippen LogP contribution in [0.2, 0.25) is 0 Å². The Hall–Kier alpha value is -1.75. The summed E-state index contributed by atoms with van der Waals surface area (Å²) in [5, 5.41) is 7.39. The van der Waals surface area contributed by atoms with Crippen LogP contribution in [0.25, 0.3) is 0 Å². The molecule has 2 rings (SSSR count). The van der Waals surface area contributed by atoms with Gasteiger partial charge in [-0.15, -0.1) is 0 Å². The minimum absolute atomic E-state index is 0.489. The molecule has 2 heterocycles. The zero-order valence-electron chi connectivity index (χ0n) is 9.64. The highest BCUT2D eigenvalue weighted by Gasteiger charge is 2.03. The third-order valence-corrected chi connectivity index (χ3v) is 2.96. The highest BCUT2D eigenvalue weighted by Crippen LogP contribution is 2.21. The molecule has 2 aromatic rings. The summed E-state index contributed by atoms with van der Waals surface area (Å²) in [6, 6.07) is 5.73. The van der Waals surface area contributed by atoms with E-state index in [9.17, 15) is 0 Å². The average Bonchev–Trinajstić information content (AvgIpc) is 2.83. The van der Waals surface area contributed by atoms with Crippen molar-refractivity contribution in [2.24, 2.45) is 0 Å². The van der Waals surface area contributed by atoms with E-state index in [2.05, 4.69) is 27.1 Å². The summed E-state index contributed by atoms with van der Waals surface area (Å²) in [6.45, 7) is 3.23. The normalized spacial score (nSPS) is 10.2. The van der Waals surface area contributed by atoms with Gasteiger partial charge in [-0.3, -0.25) is 0 Å². The van der Waals surface area contributed by atoms with Gasteiger partial charge in [0, 0.05) is 6.54 Å². The van der Waals surface area contributed by atoms with E-state index >= 15 is 0 Å². The average molecular weight is 249 g/mol.